The maximum Gasteiger partial charge on any atom is 0.411 e. The van der Waals surface area contributed by atoms with Crippen molar-refractivity contribution in [2.45, 2.75) is 130 Å². The van der Waals surface area contributed by atoms with Crippen molar-refractivity contribution in [1.82, 2.24) is 20.5 Å². The minimum atomic E-state index is -1.43. The third-order valence-corrected chi connectivity index (χ3v) is 12.1. The van der Waals surface area contributed by atoms with Gasteiger partial charge in [0.05, 0.1) is 6.20 Å². The Labute approximate surface area is 322 Å². The van der Waals surface area contributed by atoms with E-state index < -0.39 is 21.2 Å². The Morgan fingerprint density at radius 1 is 1.06 bits per heavy atom. The van der Waals surface area contributed by atoms with Gasteiger partial charge in [-0.25, -0.2) is 15.1 Å². The van der Waals surface area contributed by atoms with Crippen LogP contribution in [-0.4, -0.2) is 65.5 Å². The Morgan fingerprint density at radius 3 is 2.50 bits per heavy atom. The van der Waals surface area contributed by atoms with Crippen LogP contribution in [0.2, 0.25) is 13.1 Å². The number of unbranched alkanes of at least 4 members (excludes halogenated alkanes) is 3. The van der Waals surface area contributed by atoms with Gasteiger partial charge in [0.15, 0.2) is 9.04 Å². The fraction of sp³-hybridized carbons (Fsp3) is 0.634. The fourth-order valence-electron chi connectivity index (χ4n) is 8.40. The van der Waals surface area contributed by atoms with Crippen LogP contribution in [0.3, 0.4) is 0 Å². The smallest absolute Gasteiger partial charge is 0.411 e. The first-order valence-electron chi connectivity index (χ1n) is 19.9. The number of hydrogen-bond donors (Lipinski definition) is 3. The van der Waals surface area contributed by atoms with Gasteiger partial charge in [0, 0.05) is 36.1 Å². The van der Waals surface area contributed by atoms with Gasteiger partial charge in [-0.05, 0) is 92.5 Å². The molecule has 1 unspecified atom stereocenters. The number of amides is 2. The van der Waals surface area contributed by atoms with Gasteiger partial charge < -0.3 is 13.9 Å². The number of ether oxygens (including phenoxy) is 2. The molecule has 1 aromatic heterocycles. The third kappa shape index (κ3) is 11.1. The highest BCUT2D eigenvalue weighted by Gasteiger charge is 2.46. The molecular weight excluding hydrogens is 703 g/mol. The molecule has 0 saturated carbocycles. The number of aryl methyl sites for hydroxylation is 1. The molecule has 2 aromatic rings. The Hall–Kier alpha value is -3.81. The lowest BCUT2D eigenvalue weighted by Crippen LogP contribution is -2.50. The molecule has 1 aliphatic heterocycles. The molecule has 0 radical (unpaired) electrons. The predicted octanol–water partition coefficient (Wildman–Crippen LogP) is 7.85. The van der Waals surface area contributed by atoms with E-state index >= 15 is 0 Å². The standard InChI is InChI=1S/C41H61N5O7Si/c1-26-22-29-14-13-27(2)32(20-19-31-24-33(41(3,4)5)38(39(48)51-31)53-54(6)7)37(29)35(23-26)52-40(49)42-30-17-15-28(16-18-30)34-25-46(45-43-34)21-11-9-8-10-12-36(47)44-50/h13-18,22,25-27,31-33,35,37-38,50,54H,8-12,19-21,23-24H2,1-7H3,(H,42,49)(H,44,47)/t26-,27-,31+,32-,33-,35-,37-,38?/m0/s1. The molecule has 1 fully saturated rings. The topological polar surface area (TPSA) is 154 Å². The number of hydroxylamine groups is 1. The highest BCUT2D eigenvalue weighted by atomic mass is 28.3. The number of carbonyl (C=O) groups excluding carboxylic acids is 3. The summed E-state index contributed by atoms with van der Waals surface area (Å²) < 4.78 is 20.3. The molecule has 3 aliphatic rings. The average Bonchev–Trinajstić information content (AvgIpc) is 3.58. The van der Waals surface area contributed by atoms with Crippen LogP contribution in [0.5, 0.6) is 0 Å². The second-order valence-corrected chi connectivity index (χ2v) is 19.3. The maximum atomic E-state index is 13.4. The Bertz CT molecular complexity index is 1630. The van der Waals surface area contributed by atoms with E-state index in [4.69, 9.17) is 19.1 Å². The second kappa shape index (κ2) is 18.7. The quantitative estimate of drug-likeness (QED) is 0.0541. The van der Waals surface area contributed by atoms with Crippen molar-refractivity contribution >= 4 is 32.7 Å². The Morgan fingerprint density at radius 2 is 1.80 bits per heavy atom. The third-order valence-electron chi connectivity index (χ3n) is 11.2. The predicted molar refractivity (Wildman–Crippen MR) is 210 cm³/mol. The molecule has 296 valence electrons. The molecule has 8 atom stereocenters. The van der Waals surface area contributed by atoms with Crippen molar-refractivity contribution in [2.75, 3.05) is 5.32 Å². The van der Waals surface area contributed by atoms with Crippen molar-refractivity contribution in [3.8, 4) is 11.3 Å². The molecule has 1 saturated heterocycles. The first-order chi connectivity index (χ1) is 25.7. The number of hydrogen-bond acceptors (Lipinski definition) is 9. The molecule has 2 heterocycles. The monoisotopic (exact) mass is 763 g/mol. The zero-order valence-corrected chi connectivity index (χ0v) is 34.3. The zero-order valence-electron chi connectivity index (χ0n) is 33.1. The number of nitrogens with one attached hydrogen (secondary N) is 2. The van der Waals surface area contributed by atoms with Gasteiger partial charge >= 0.3 is 12.1 Å². The highest BCUT2D eigenvalue weighted by molar-refractivity contribution is 6.48. The molecule has 0 spiro atoms. The van der Waals surface area contributed by atoms with Crippen LogP contribution in [0.1, 0.15) is 92.4 Å². The number of carbonyl (C=O) groups is 3. The van der Waals surface area contributed by atoms with Gasteiger partial charge in [-0.2, -0.15) is 0 Å². The van der Waals surface area contributed by atoms with Crippen LogP contribution < -0.4 is 10.8 Å². The SMILES string of the molecule is C[C@H]1C=C2C=C[C@H](C)[C@H](CC[C@@H]3C[C@H](C(C)(C)C)C(O[SiH](C)C)C(=O)O3)[C@H]2[C@@H](OC(=O)Nc2ccc(-c3cn(CCCCCCC(=O)NO)nn3)cc2)C1. The number of esters is 1. The lowest BCUT2D eigenvalue weighted by molar-refractivity contribution is -0.176. The first kappa shape index (κ1) is 41.4. The molecule has 5 rings (SSSR count). The van der Waals surface area contributed by atoms with Crippen LogP contribution >= 0.6 is 0 Å². The van der Waals surface area contributed by atoms with E-state index in [1.165, 1.54) is 5.57 Å². The summed E-state index contributed by atoms with van der Waals surface area (Å²) in [6.07, 6.45) is 14.3. The van der Waals surface area contributed by atoms with Crippen LogP contribution in [0, 0.1) is 35.0 Å². The Balaban J connectivity index is 1.16. The first-order valence-corrected chi connectivity index (χ1v) is 22.7. The van der Waals surface area contributed by atoms with Crippen LogP contribution in [0.25, 0.3) is 11.3 Å². The minimum absolute atomic E-state index is 0.0606. The fourth-order valence-corrected chi connectivity index (χ4v) is 9.28. The summed E-state index contributed by atoms with van der Waals surface area (Å²) in [5.41, 5.74) is 5.07. The zero-order chi connectivity index (χ0) is 39.0. The van der Waals surface area contributed by atoms with Crippen LogP contribution in [0.15, 0.2) is 54.3 Å². The molecule has 13 heteroatoms. The summed E-state index contributed by atoms with van der Waals surface area (Å²) in [5, 5.41) is 20.1. The lowest BCUT2D eigenvalue weighted by Gasteiger charge is -2.45. The normalized spacial score (nSPS) is 26.8. The number of aromatic nitrogens is 3. The number of cyclic esters (lactones) is 1. The summed E-state index contributed by atoms with van der Waals surface area (Å²) in [5.74, 6) is 0.374. The van der Waals surface area contributed by atoms with E-state index in [-0.39, 0.29) is 59.1 Å². The number of anilines is 1. The summed E-state index contributed by atoms with van der Waals surface area (Å²) in [4.78, 5) is 37.8. The largest absolute Gasteiger partial charge is 0.460 e. The van der Waals surface area contributed by atoms with Gasteiger partial charge in [0.1, 0.15) is 24.0 Å². The summed E-state index contributed by atoms with van der Waals surface area (Å²) >= 11 is 0. The van der Waals surface area contributed by atoms with Gasteiger partial charge in [-0.15, -0.1) is 5.10 Å². The van der Waals surface area contributed by atoms with Crippen molar-refractivity contribution in [3.05, 3.63) is 54.3 Å². The van der Waals surface area contributed by atoms with Crippen molar-refractivity contribution < 1.29 is 33.5 Å². The molecule has 3 N–H and O–H groups in total. The van der Waals surface area contributed by atoms with Gasteiger partial charge in [-0.1, -0.05) is 83.0 Å². The van der Waals surface area contributed by atoms with E-state index in [0.717, 1.165) is 69.2 Å². The van der Waals surface area contributed by atoms with E-state index in [2.05, 4.69) is 81.6 Å². The van der Waals surface area contributed by atoms with Crippen molar-refractivity contribution in [2.24, 2.45) is 35.0 Å². The minimum Gasteiger partial charge on any atom is -0.460 e. The van der Waals surface area contributed by atoms with Gasteiger partial charge in [-0.3, -0.25) is 20.0 Å². The highest BCUT2D eigenvalue weighted by Crippen LogP contribution is 2.46. The van der Waals surface area contributed by atoms with E-state index in [1.807, 2.05) is 35.1 Å². The van der Waals surface area contributed by atoms with E-state index in [1.54, 1.807) is 5.48 Å². The molecule has 2 amide bonds. The van der Waals surface area contributed by atoms with Gasteiger partial charge in [0.2, 0.25) is 5.91 Å². The number of nitrogens with zero attached hydrogens (tertiary/aromatic N) is 3. The summed E-state index contributed by atoms with van der Waals surface area (Å²) in [6.45, 7) is 15.9. The number of allylic oxidation sites excluding steroid dienone is 3. The summed E-state index contributed by atoms with van der Waals surface area (Å²) in [7, 11) is -1.43. The van der Waals surface area contributed by atoms with E-state index in [9.17, 15) is 14.4 Å². The number of rotatable bonds is 15. The van der Waals surface area contributed by atoms with Crippen LogP contribution in [-0.2, 0) is 30.0 Å². The van der Waals surface area contributed by atoms with E-state index in [0.29, 0.717) is 12.1 Å². The van der Waals surface area contributed by atoms with Gasteiger partial charge in [0.25, 0.3) is 0 Å². The number of benzene rings is 1. The molecular formula is C41H61N5O7Si. The average molecular weight is 764 g/mol. The lowest BCUT2D eigenvalue weighted by atomic mass is 9.65. The molecule has 2 aliphatic carbocycles. The van der Waals surface area contributed by atoms with Crippen LogP contribution in [0.4, 0.5) is 10.5 Å². The second-order valence-electron chi connectivity index (χ2n) is 16.9. The summed E-state index contributed by atoms with van der Waals surface area (Å²) in [6, 6.07) is 7.50. The molecule has 54 heavy (non-hydrogen) atoms. The molecule has 0 bridgehead atoms. The van der Waals surface area contributed by atoms with Crippen molar-refractivity contribution in [1.29, 1.82) is 0 Å². The Kier molecular flexibility index (Phi) is 14.3. The number of fused-ring (bicyclic) bond motifs is 1. The maximum absolute atomic E-state index is 13.4. The molecule has 1 aromatic carbocycles. The molecule has 12 nitrogen and oxygen atoms in total. The van der Waals surface area contributed by atoms with Crippen molar-refractivity contribution in [3.63, 3.8) is 0 Å².